The molecular weight excluding hydrogens is 288 g/mol. The molecule has 1 N–H and O–H groups in total. The molecule has 0 fully saturated rings. The van der Waals surface area contributed by atoms with Gasteiger partial charge in [0.2, 0.25) is 0 Å². The maximum absolute atomic E-state index is 12.2. The van der Waals surface area contributed by atoms with Crippen molar-refractivity contribution in [3.05, 3.63) is 59.7 Å². The topological polar surface area (TPSA) is 62.1 Å². The molecule has 0 aliphatic carbocycles. The zero-order valence-electron chi connectivity index (χ0n) is 11.2. The lowest BCUT2D eigenvalue weighted by atomic mass is 10.1. The first-order valence-electron chi connectivity index (χ1n) is 6.29. The van der Waals surface area contributed by atoms with Crippen LogP contribution in [0.25, 0.3) is 0 Å². The number of hydrogen-bond donors (Lipinski definition) is 1. The van der Waals surface area contributed by atoms with Crippen molar-refractivity contribution in [1.82, 2.24) is 0 Å². The number of halogens is 1. The molecule has 0 aliphatic heterocycles. The van der Waals surface area contributed by atoms with E-state index in [1.165, 1.54) is 0 Å². The van der Waals surface area contributed by atoms with Gasteiger partial charge in [-0.15, -0.1) is 11.6 Å². The van der Waals surface area contributed by atoms with Gasteiger partial charge in [0.05, 0.1) is 0 Å². The lowest BCUT2D eigenvalue weighted by Crippen LogP contribution is -2.12. The molecule has 0 saturated carbocycles. The van der Waals surface area contributed by atoms with Crippen molar-refractivity contribution in [1.29, 1.82) is 5.26 Å². The lowest BCUT2D eigenvalue weighted by Gasteiger charge is -2.08. The van der Waals surface area contributed by atoms with Gasteiger partial charge in [0, 0.05) is 23.2 Å². The number of nitrogens with zero attached hydrogens (tertiary/aromatic N) is 1. The predicted molar refractivity (Wildman–Crippen MR) is 81.5 cm³/mol. The second-order valence-electron chi connectivity index (χ2n) is 4.26. The first-order chi connectivity index (χ1) is 10.2. The van der Waals surface area contributed by atoms with E-state index < -0.39 is 0 Å². The van der Waals surface area contributed by atoms with Crippen molar-refractivity contribution in [2.45, 2.75) is 5.88 Å². The van der Waals surface area contributed by atoms with Crippen molar-refractivity contribution in [3.63, 3.8) is 0 Å². The number of nitriles is 1. The fourth-order valence-corrected chi connectivity index (χ4v) is 1.94. The Balaban J connectivity index is 2.10. The normalized spacial score (nSPS) is 9.71. The molecule has 5 heteroatoms. The van der Waals surface area contributed by atoms with Gasteiger partial charge in [-0.25, -0.2) is 0 Å². The third-order valence-corrected chi connectivity index (χ3v) is 3.05. The van der Waals surface area contributed by atoms with Crippen LogP contribution in [0.4, 0.5) is 5.69 Å². The maximum atomic E-state index is 12.2. The number of hydrogen-bond acceptors (Lipinski definition) is 3. The summed E-state index contributed by atoms with van der Waals surface area (Å²) < 4.78 is 5.19. The van der Waals surface area contributed by atoms with Crippen LogP contribution < -0.4 is 10.1 Å². The van der Waals surface area contributed by atoms with Gasteiger partial charge in [-0.3, -0.25) is 4.79 Å². The van der Waals surface area contributed by atoms with E-state index in [4.69, 9.17) is 21.6 Å². The van der Waals surface area contributed by atoms with Gasteiger partial charge < -0.3 is 10.1 Å². The molecule has 0 atom stereocenters. The fraction of sp³-hybridized carbons (Fsp3) is 0.125. The van der Waals surface area contributed by atoms with Crippen LogP contribution in [0.3, 0.4) is 0 Å². The Hall–Kier alpha value is -2.51. The van der Waals surface area contributed by atoms with Crippen LogP contribution in [0.5, 0.6) is 5.75 Å². The molecule has 0 heterocycles. The summed E-state index contributed by atoms with van der Waals surface area (Å²) in [7, 11) is 0. The van der Waals surface area contributed by atoms with E-state index in [9.17, 15) is 4.79 Å². The third-order valence-electron chi connectivity index (χ3n) is 2.74. The van der Waals surface area contributed by atoms with Gasteiger partial charge in [-0.1, -0.05) is 18.2 Å². The Morgan fingerprint density at radius 2 is 2.05 bits per heavy atom. The molecule has 0 aromatic heterocycles. The van der Waals surface area contributed by atoms with E-state index in [-0.39, 0.29) is 12.5 Å². The summed E-state index contributed by atoms with van der Waals surface area (Å²) in [6, 6.07) is 15.9. The zero-order valence-corrected chi connectivity index (χ0v) is 11.9. The molecule has 0 bridgehead atoms. The zero-order chi connectivity index (χ0) is 15.1. The molecule has 21 heavy (non-hydrogen) atoms. The second-order valence-corrected chi connectivity index (χ2v) is 4.53. The highest BCUT2D eigenvalue weighted by Gasteiger charge is 2.07. The summed E-state index contributed by atoms with van der Waals surface area (Å²) in [5.41, 5.74) is 2.03. The Labute approximate surface area is 127 Å². The highest BCUT2D eigenvalue weighted by molar-refractivity contribution is 6.17. The summed E-state index contributed by atoms with van der Waals surface area (Å²) >= 11 is 5.76. The average molecular weight is 301 g/mol. The molecule has 0 spiro atoms. The quantitative estimate of drug-likeness (QED) is 0.859. The van der Waals surface area contributed by atoms with Crippen LogP contribution in [0.2, 0.25) is 0 Å². The molecule has 0 radical (unpaired) electrons. The number of nitrogens with one attached hydrogen (secondary N) is 1. The monoisotopic (exact) mass is 300 g/mol. The predicted octanol–water partition coefficient (Wildman–Crippen LogP) is 3.58. The molecule has 106 valence electrons. The van der Waals surface area contributed by atoms with Crippen molar-refractivity contribution in [2.24, 2.45) is 0 Å². The number of benzene rings is 2. The molecule has 0 unspecified atom stereocenters. The van der Waals surface area contributed by atoms with E-state index in [0.717, 1.165) is 5.56 Å². The molecule has 2 aromatic carbocycles. The smallest absolute Gasteiger partial charge is 0.255 e. The molecule has 2 rings (SSSR count). The van der Waals surface area contributed by atoms with Gasteiger partial charge in [0.25, 0.3) is 5.91 Å². The molecule has 1 amide bonds. The van der Waals surface area contributed by atoms with Crippen LogP contribution in [-0.2, 0) is 5.88 Å². The third kappa shape index (κ3) is 4.23. The van der Waals surface area contributed by atoms with Gasteiger partial charge >= 0.3 is 0 Å². The van der Waals surface area contributed by atoms with Crippen molar-refractivity contribution >= 4 is 23.2 Å². The van der Waals surface area contributed by atoms with E-state index in [1.807, 2.05) is 12.1 Å². The molecule has 4 nitrogen and oxygen atoms in total. The highest BCUT2D eigenvalue weighted by Crippen LogP contribution is 2.18. The van der Waals surface area contributed by atoms with E-state index >= 15 is 0 Å². The second kappa shape index (κ2) is 7.32. The number of carbonyl (C=O) groups excluding carboxylic acids is 1. The largest absolute Gasteiger partial charge is 0.479 e. The van der Waals surface area contributed by atoms with Gasteiger partial charge in [0.1, 0.15) is 11.8 Å². The van der Waals surface area contributed by atoms with Crippen LogP contribution >= 0.6 is 11.6 Å². The van der Waals surface area contributed by atoms with E-state index in [1.54, 1.807) is 42.5 Å². The number of amides is 1. The SMILES string of the molecule is N#CCOc1cccc(NC(=O)c2cccc(CCl)c2)c1. The van der Waals surface area contributed by atoms with E-state index in [2.05, 4.69) is 5.32 Å². The maximum Gasteiger partial charge on any atom is 0.255 e. The summed E-state index contributed by atoms with van der Waals surface area (Å²) in [6.45, 7) is -0.0326. The van der Waals surface area contributed by atoms with Crippen LogP contribution in [-0.4, -0.2) is 12.5 Å². The van der Waals surface area contributed by atoms with E-state index in [0.29, 0.717) is 22.9 Å². The highest BCUT2D eigenvalue weighted by atomic mass is 35.5. The van der Waals surface area contributed by atoms with Gasteiger partial charge in [-0.2, -0.15) is 5.26 Å². The minimum atomic E-state index is -0.223. The summed E-state index contributed by atoms with van der Waals surface area (Å²) in [5, 5.41) is 11.3. The Kier molecular flexibility index (Phi) is 5.19. The number of ether oxygens (including phenoxy) is 1. The Morgan fingerprint density at radius 1 is 1.24 bits per heavy atom. The van der Waals surface area contributed by atoms with Crippen LogP contribution in [0.15, 0.2) is 48.5 Å². The Morgan fingerprint density at radius 3 is 2.81 bits per heavy atom. The van der Waals surface area contributed by atoms with Gasteiger partial charge in [0.15, 0.2) is 6.61 Å². The standard InChI is InChI=1S/C16H13ClN2O2/c17-11-12-3-1-4-13(9-12)16(20)19-14-5-2-6-15(10-14)21-8-7-18/h1-6,9-10H,8,11H2,(H,19,20). The van der Waals surface area contributed by atoms with Gasteiger partial charge in [-0.05, 0) is 29.8 Å². The lowest BCUT2D eigenvalue weighted by molar-refractivity contribution is 0.102. The number of alkyl halides is 1. The molecule has 2 aromatic rings. The number of rotatable bonds is 5. The first-order valence-corrected chi connectivity index (χ1v) is 6.82. The average Bonchev–Trinajstić information content (AvgIpc) is 2.53. The molecule has 0 saturated heterocycles. The fourth-order valence-electron chi connectivity index (χ4n) is 1.78. The van der Waals surface area contributed by atoms with Crippen LogP contribution in [0, 0.1) is 11.3 Å². The minimum Gasteiger partial charge on any atom is -0.479 e. The summed E-state index contributed by atoms with van der Waals surface area (Å²) in [4.78, 5) is 12.2. The van der Waals surface area contributed by atoms with Crippen LogP contribution in [0.1, 0.15) is 15.9 Å². The minimum absolute atomic E-state index is 0.0326. The number of anilines is 1. The molecular formula is C16H13ClN2O2. The van der Waals surface area contributed by atoms with Crippen molar-refractivity contribution in [2.75, 3.05) is 11.9 Å². The van der Waals surface area contributed by atoms with Crippen molar-refractivity contribution in [3.8, 4) is 11.8 Å². The first kappa shape index (κ1) is 14.9. The van der Waals surface area contributed by atoms with Crippen molar-refractivity contribution < 1.29 is 9.53 Å². The molecule has 0 aliphatic rings. The summed E-state index contributed by atoms with van der Waals surface area (Å²) in [6.07, 6.45) is 0. The number of carbonyl (C=O) groups is 1. The summed E-state index contributed by atoms with van der Waals surface area (Å²) in [5.74, 6) is 0.668. The Bertz CT molecular complexity index is 680.